The average molecular weight is 898 g/mol. The summed E-state index contributed by atoms with van der Waals surface area (Å²) >= 11 is 1.90. The number of nitrogens with zero attached hydrogens (tertiary/aromatic N) is 5. The van der Waals surface area contributed by atoms with Crippen LogP contribution in [0.25, 0.3) is 132 Å². The Hall–Kier alpha value is -8.97. The Morgan fingerprint density at radius 3 is 1.17 bits per heavy atom. The molecule has 6 heteroatoms. The normalized spacial score (nSPS) is 11.8. The van der Waals surface area contributed by atoms with Gasteiger partial charge < -0.3 is 9.13 Å². The molecule has 322 valence electrons. The molecule has 69 heavy (non-hydrogen) atoms. The minimum absolute atomic E-state index is 0.622. The Morgan fingerprint density at radius 2 is 0.638 bits per heavy atom. The summed E-state index contributed by atoms with van der Waals surface area (Å²) in [5.41, 5.74) is 14.4. The molecule has 14 aromatic rings. The highest BCUT2D eigenvalue weighted by Gasteiger charge is 2.22. The van der Waals surface area contributed by atoms with Crippen LogP contribution in [-0.2, 0) is 0 Å². The maximum Gasteiger partial charge on any atom is 0.164 e. The van der Waals surface area contributed by atoms with Gasteiger partial charge in [-0.1, -0.05) is 188 Å². The molecule has 0 bridgehead atoms. The van der Waals surface area contributed by atoms with Crippen molar-refractivity contribution in [1.82, 2.24) is 24.1 Å². The van der Waals surface area contributed by atoms with Crippen molar-refractivity contribution in [3.05, 3.63) is 237 Å². The highest BCUT2D eigenvalue weighted by atomic mass is 32.1. The van der Waals surface area contributed by atoms with Crippen molar-refractivity contribution in [2.45, 2.75) is 0 Å². The second-order valence-electron chi connectivity index (χ2n) is 17.5. The van der Waals surface area contributed by atoms with Crippen LogP contribution < -0.4 is 0 Å². The summed E-state index contributed by atoms with van der Waals surface area (Å²) < 4.78 is 7.46. The summed E-state index contributed by atoms with van der Waals surface area (Å²) in [6.45, 7) is 0. The van der Waals surface area contributed by atoms with E-state index in [0.717, 1.165) is 44.7 Å². The third-order valence-electron chi connectivity index (χ3n) is 13.6. The molecular formula is C63H39N5S. The molecule has 0 unspecified atom stereocenters. The zero-order chi connectivity index (χ0) is 45.4. The summed E-state index contributed by atoms with van der Waals surface area (Å²) in [7, 11) is 0. The standard InChI is InChI=1S/C63H39N5S/c1-4-16-40(17-5-1)41-28-32-45(33-29-41)67-55-26-14-12-23-48(55)50-36-38-52-53-39-37-51-49-24-13-15-27-56(49)68(58(51)60(53)69-59(52)57(50)67)46-34-30-44(31-35-46)62-64-61(43-20-8-3-9-21-43)65-63(66-62)54-25-11-10-22-47(54)42-18-6-2-7-19-42/h1-39H. The lowest BCUT2D eigenvalue weighted by Gasteiger charge is -2.13. The van der Waals surface area contributed by atoms with Gasteiger partial charge in [-0.25, -0.2) is 15.0 Å². The van der Waals surface area contributed by atoms with Crippen molar-refractivity contribution < 1.29 is 0 Å². The Kier molecular flexibility index (Phi) is 9.00. The molecule has 0 saturated carbocycles. The fourth-order valence-corrected chi connectivity index (χ4v) is 11.8. The molecule has 0 fully saturated rings. The predicted molar refractivity (Wildman–Crippen MR) is 289 cm³/mol. The van der Waals surface area contributed by atoms with E-state index in [-0.39, 0.29) is 0 Å². The quantitative estimate of drug-likeness (QED) is 0.160. The molecule has 0 spiro atoms. The Bertz CT molecular complexity index is 4270. The van der Waals surface area contributed by atoms with E-state index in [2.05, 4.69) is 221 Å². The number of rotatable bonds is 7. The van der Waals surface area contributed by atoms with Crippen LogP contribution in [0.15, 0.2) is 237 Å². The first-order chi connectivity index (χ1) is 34.2. The number of benzene rings is 10. The Morgan fingerprint density at radius 1 is 0.261 bits per heavy atom. The molecule has 0 aliphatic rings. The maximum atomic E-state index is 5.20. The molecular weight excluding hydrogens is 859 g/mol. The number of aromatic nitrogens is 5. The van der Waals surface area contributed by atoms with Crippen molar-refractivity contribution in [2.75, 3.05) is 0 Å². The SMILES string of the molecule is c1ccc(-c2ccc(-n3c4ccccc4c4ccc5c6ccc7c8ccccc8n(-c8ccc(-c9nc(-c%10ccccc%10)nc(-c%10ccccc%10-c%10ccccc%10)n9)cc8)c7c6sc5c43)cc2)cc1. The van der Waals surface area contributed by atoms with E-state index < -0.39 is 0 Å². The minimum Gasteiger partial charge on any atom is -0.308 e. The maximum absolute atomic E-state index is 5.20. The molecule has 0 amide bonds. The van der Waals surface area contributed by atoms with Crippen molar-refractivity contribution >= 4 is 75.1 Å². The van der Waals surface area contributed by atoms with E-state index in [4.69, 9.17) is 15.0 Å². The zero-order valence-electron chi connectivity index (χ0n) is 37.2. The lowest BCUT2D eigenvalue weighted by molar-refractivity contribution is 1.07. The van der Waals surface area contributed by atoms with Gasteiger partial charge in [0, 0.05) is 60.4 Å². The van der Waals surface area contributed by atoms with Crippen LogP contribution in [0.3, 0.4) is 0 Å². The summed E-state index contributed by atoms with van der Waals surface area (Å²) in [5.74, 6) is 1.89. The molecule has 4 aromatic heterocycles. The molecule has 0 saturated heterocycles. The van der Waals surface area contributed by atoms with Gasteiger partial charge in [-0.2, -0.15) is 0 Å². The summed E-state index contributed by atoms with van der Waals surface area (Å²) in [4.78, 5) is 15.4. The van der Waals surface area contributed by atoms with Gasteiger partial charge in [0.1, 0.15) is 0 Å². The van der Waals surface area contributed by atoms with E-state index in [1.54, 1.807) is 0 Å². The fraction of sp³-hybridized carbons (Fsp3) is 0. The summed E-state index contributed by atoms with van der Waals surface area (Å²) in [6, 6.07) is 84.3. The smallest absolute Gasteiger partial charge is 0.164 e. The number of hydrogen-bond donors (Lipinski definition) is 0. The largest absolute Gasteiger partial charge is 0.308 e. The minimum atomic E-state index is 0.622. The topological polar surface area (TPSA) is 48.5 Å². The first-order valence-electron chi connectivity index (χ1n) is 23.3. The van der Waals surface area contributed by atoms with Gasteiger partial charge in [-0.05, 0) is 70.8 Å². The van der Waals surface area contributed by atoms with Crippen LogP contribution in [0.4, 0.5) is 0 Å². The molecule has 0 aliphatic carbocycles. The van der Waals surface area contributed by atoms with Crippen molar-refractivity contribution in [2.24, 2.45) is 0 Å². The molecule has 0 N–H and O–H groups in total. The predicted octanol–water partition coefficient (Wildman–Crippen LogP) is 16.8. The van der Waals surface area contributed by atoms with Gasteiger partial charge in [0.05, 0.1) is 31.5 Å². The molecule has 5 nitrogen and oxygen atoms in total. The Balaban J connectivity index is 0.949. The molecule has 10 aromatic carbocycles. The van der Waals surface area contributed by atoms with E-state index in [1.165, 1.54) is 69.4 Å². The fourth-order valence-electron chi connectivity index (χ4n) is 10.4. The van der Waals surface area contributed by atoms with Crippen LogP contribution in [0.2, 0.25) is 0 Å². The monoisotopic (exact) mass is 897 g/mol. The lowest BCUT2D eigenvalue weighted by atomic mass is 9.99. The number of fused-ring (bicyclic) bond motifs is 11. The second kappa shape index (κ2) is 15.8. The highest BCUT2D eigenvalue weighted by Crippen LogP contribution is 2.47. The van der Waals surface area contributed by atoms with Gasteiger partial charge in [0.15, 0.2) is 17.5 Å². The van der Waals surface area contributed by atoms with Crippen LogP contribution in [0.5, 0.6) is 0 Å². The van der Waals surface area contributed by atoms with Gasteiger partial charge in [0.2, 0.25) is 0 Å². The van der Waals surface area contributed by atoms with E-state index in [9.17, 15) is 0 Å². The van der Waals surface area contributed by atoms with Crippen LogP contribution in [-0.4, -0.2) is 24.1 Å². The van der Waals surface area contributed by atoms with Crippen LogP contribution in [0.1, 0.15) is 0 Å². The van der Waals surface area contributed by atoms with E-state index >= 15 is 0 Å². The third kappa shape index (κ3) is 6.34. The first-order valence-corrected chi connectivity index (χ1v) is 24.1. The number of para-hydroxylation sites is 2. The van der Waals surface area contributed by atoms with Crippen molar-refractivity contribution in [1.29, 1.82) is 0 Å². The molecule has 14 rings (SSSR count). The number of hydrogen-bond acceptors (Lipinski definition) is 4. The highest BCUT2D eigenvalue weighted by molar-refractivity contribution is 7.27. The summed E-state index contributed by atoms with van der Waals surface area (Å²) in [6.07, 6.45) is 0. The van der Waals surface area contributed by atoms with E-state index in [0.29, 0.717) is 17.5 Å². The van der Waals surface area contributed by atoms with Gasteiger partial charge >= 0.3 is 0 Å². The lowest BCUT2D eigenvalue weighted by Crippen LogP contribution is -2.01. The van der Waals surface area contributed by atoms with Crippen LogP contribution >= 0.6 is 11.3 Å². The summed E-state index contributed by atoms with van der Waals surface area (Å²) in [5, 5.41) is 7.47. The first kappa shape index (κ1) is 39.2. The molecule has 0 radical (unpaired) electrons. The second-order valence-corrected chi connectivity index (χ2v) is 18.5. The Labute approximate surface area is 401 Å². The molecule has 4 heterocycles. The molecule has 0 aliphatic heterocycles. The third-order valence-corrected chi connectivity index (χ3v) is 14.8. The number of thiophene rings is 1. The zero-order valence-corrected chi connectivity index (χ0v) is 38.0. The average Bonchev–Trinajstić information content (AvgIpc) is 4.10. The van der Waals surface area contributed by atoms with Crippen molar-refractivity contribution in [3.63, 3.8) is 0 Å². The van der Waals surface area contributed by atoms with Crippen molar-refractivity contribution in [3.8, 4) is 67.8 Å². The van der Waals surface area contributed by atoms with E-state index in [1.807, 2.05) is 35.6 Å². The van der Waals surface area contributed by atoms with Gasteiger partial charge in [-0.3, -0.25) is 0 Å². The van der Waals surface area contributed by atoms with Gasteiger partial charge in [-0.15, -0.1) is 11.3 Å². The van der Waals surface area contributed by atoms with Gasteiger partial charge in [0.25, 0.3) is 0 Å². The molecule has 0 atom stereocenters. The van der Waals surface area contributed by atoms with Crippen LogP contribution in [0, 0.1) is 0 Å².